The molecule has 86 heavy (non-hydrogen) atoms. The van der Waals surface area contributed by atoms with Gasteiger partial charge in [-0.3, -0.25) is 0 Å². The zero-order chi connectivity index (χ0) is 57.5. The zero-order valence-corrected chi connectivity index (χ0v) is 49.8. The lowest BCUT2D eigenvalue weighted by molar-refractivity contribution is 1.59. The molecule has 0 saturated carbocycles. The predicted molar refractivity (Wildman–Crippen MR) is 372 cm³/mol. The smallest absolute Gasteiger partial charge is 0.0623 e. The maximum Gasteiger partial charge on any atom is 0.181 e. The molecule has 14 aromatic carbocycles. The Morgan fingerprint density at radius 3 is 0.442 bits per heavy atom. The van der Waals surface area contributed by atoms with Crippen LogP contribution in [0.15, 0.2) is 376 Å². The van der Waals surface area contributed by atoms with Crippen molar-refractivity contribution in [2.45, 2.75) is 0 Å². The molecular weight excluding hydrogens is 1070 g/mol. The van der Waals surface area contributed by atoms with Crippen LogP contribution >= 0.6 is 0 Å². The largest absolute Gasteiger partial charge is 0.181 e. The van der Waals surface area contributed by atoms with E-state index in [1.807, 2.05) is 0 Å². The molecule has 14 aromatic rings. The maximum atomic E-state index is 2.47. The van der Waals surface area contributed by atoms with Gasteiger partial charge in [-0.15, -0.1) is 0 Å². The summed E-state index contributed by atoms with van der Waals surface area (Å²) >= 11 is 0. The van der Waals surface area contributed by atoms with E-state index >= 15 is 0 Å². The summed E-state index contributed by atoms with van der Waals surface area (Å²) < 4.78 is 0. The summed E-state index contributed by atoms with van der Waals surface area (Å²) in [5.41, 5.74) is 17.0. The quantitative estimate of drug-likeness (QED) is 0.0709. The molecule has 14 rings (SSSR count). The minimum atomic E-state index is -3.35. The van der Waals surface area contributed by atoms with Crippen LogP contribution < -0.4 is 41.5 Å². The molecule has 0 saturated heterocycles. The van der Waals surface area contributed by atoms with Gasteiger partial charge in [-0.25, -0.2) is 0 Å². The first-order valence-electron chi connectivity index (χ1n) is 29.8. The van der Waals surface area contributed by atoms with Gasteiger partial charge < -0.3 is 0 Å². The molecule has 0 radical (unpaired) electrons. The minimum absolute atomic E-state index is 1.17. The van der Waals surface area contributed by atoms with Crippen LogP contribution in [0.25, 0.3) is 77.9 Å². The number of hydrogen-bond donors (Lipinski definition) is 0. The van der Waals surface area contributed by atoms with Crippen LogP contribution in [0.4, 0.5) is 0 Å². The van der Waals surface area contributed by atoms with Gasteiger partial charge in [-0.1, -0.05) is 376 Å². The van der Waals surface area contributed by atoms with Crippen molar-refractivity contribution in [2.24, 2.45) is 0 Å². The average molecular weight is 1130 g/mol. The molecule has 0 amide bonds. The van der Waals surface area contributed by atoms with E-state index in [2.05, 4.69) is 376 Å². The van der Waals surface area contributed by atoms with Crippen molar-refractivity contribution in [3.63, 3.8) is 0 Å². The molecule has 0 fully saturated rings. The van der Waals surface area contributed by atoms with Crippen LogP contribution in [0.5, 0.6) is 0 Å². The third kappa shape index (κ3) is 9.71. The van der Waals surface area contributed by atoms with Gasteiger partial charge in [0.1, 0.15) is 0 Å². The summed E-state index contributed by atoms with van der Waals surface area (Å²) in [7, 11) is -6.69. The summed E-state index contributed by atoms with van der Waals surface area (Å²) in [5, 5.41) is 10.7. The predicted octanol–water partition coefficient (Wildman–Crippen LogP) is 16.1. The molecule has 0 unspecified atom stereocenters. The summed E-state index contributed by atoms with van der Waals surface area (Å²) in [5.74, 6) is 0. The highest BCUT2D eigenvalue weighted by atomic mass is 28.3. The van der Waals surface area contributed by atoms with E-state index in [0.29, 0.717) is 0 Å². The second-order valence-corrected chi connectivity index (χ2v) is 29.5. The van der Waals surface area contributed by atoms with Gasteiger partial charge in [0.25, 0.3) is 0 Å². The number of rotatable bonds is 15. The first-order valence-corrected chi connectivity index (χ1v) is 33.8. The topological polar surface area (TPSA) is 0 Å². The lowest BCUT2D eigenvalue weighted by Gasteiger charge is -2.39. The van der Waals surface area contributed by atoms with E-state index in [1.165, 1.54) is 119 Å². The summed E-state index contributed by atoms with van der Waals surface area (Å²) in [6, 6.07) is 141. The van der Waals surface area contributed by atoms with Crippen molar-refractivity contribution in [1.82, 2.24) is 0 Å². The first-order chi connectivity index (χ1) is 42.7. The standard InChI is InChI=1S/C84H62Si2/c1-7-31-65(32-8-1)73-43-19-25-49-79(73)85(80-50-26-20-44-74(80)66-33-9-2-10-34-66,81-51-27-21-45-75(81)67-35-11-3-12-36-67)71-59-55-63(56-60-71)64-57-61-72(62-58-64)86(82-52-28-22-46-76(82)68-37-13-4-14-38-68,83-53-29-23-47-77(83)69-39-15-5-16-40-69)84-54-30-24-48-78(84)70-41-17-6-18-42-70/h1-62H. The van der Waals surface area contributed by atoms with Gasteiger partial charge in [-0.05, 0) is 119 Å². The van der Waals surface area contributed by atoms with Gasteiger partial charge >= 0.3 is 0 Å². The number of hydrogen-bond acceptors (Lipinski definition) is 0. The fourth-order valence-corrected chi connectivity index (χ4v) is 24.5. The maximum absolute atomic E-state index is 3.35. The molecule has 0 nitrogen and oxygen atoms in total. The molecule has 406 valence electrons. The third-order valence-corrected chi connectivity index (χ3v) is 27.3. The summed E-state index contributed by atoms with van der Waals surface area (Å²) in [6.07, 6.45) is 0. The molecule has 0 spiro atoms. The van der Waals surface area contributed by atoms with E-state index in [-0.39, 0.29) is 0 Å². The van der Waals surface area contributed by atoms with E-state index in [0.717, 1.165) is 0 Å². The van der Waals surface area contributed by atoms with Crippen LogP contribution in [0.2, 0.25) is 0 Å². The van der Waals surface area contributed by atoms with Crippen LogP contribution in [0, 0.1) is 0 Å². The molecule has 0 aliphatic rings. The Labute approximate surface area is 508 Å². The summed E-state index contributed by atoms with van der Waals surface area (Å²) in [4.78, 5) is 0. The highest BCUT2D eigenvalue weighted by Crippen LogP contribution is 2.33. The van der Waals surface area contributed by atoms with Crippen molar-refractivity contribution in [3.05, 3.63) is 376 Å². The zero-order valence-electron chi connectivity index (χ0n) is 47.8. The van der Waals surface area contributed by atoms with Crippen LogP contribution in [-0.2, 0) is 0 Å². The Kier molecular flexibility index (Phi) is 14.9. The molecule has 0 aromatic heterocycles. The van der Waals surface area contributed by atoms with Crippen molar-refractivity contribution in [1.29, 1.82) is 0 Å². The first kappa shape index (κ1) is 53.5. The van der Waals surface area contributed by atoms with Gasteiger partial charge in [0.05, 0.1) is 0 Å². The third-order valence-electron chi connectivity index (χ3n) is 17.5. The van der Waals surface area contributed by atoms with Crippen LogP contribution in [0.1, 0.15) is 0 Å². The lowest BCUT2D eigenvalue weighted by Crippen LogP contribution is -2.75. The Balaban J connectivity index is 1.02. The Morgan fingerprint density at radius 2 is 0.267 bits per heavy atom. The van der Waals surface area contributed by atoms with Crippen molar-refractivity contribution < 1.29 is 0 Å². The Hall–Kier alpha value is -10.5. The summed E-state index contributed by atoms with van der Waals surface area (Å²) in [6.45, 7) is 0. The van der Waals surface area contributed by atoms with Crippen molar-refractivity contribution in [2.75, 3.05) is 0 Å². The molecule has 0 aliphatic carbocycles. The molecule has 0 aliphatic heterocycles. The molecule has 0 bridgehead atoms. The minimum Gasteiger partial charge on any atom is -0.0623 e. The van der Waals surface area contributed by atoms with E-state index in [1.54, 1.807) is 0 Å². The lowest BCUT2D eigenvalue weighted by atomic mass is 10.0. The van der Waals surface area contributed by atoms with Gasteiger partial charge in [0, 0.05) is 0 Å². The molecule has 0 atom stereocenters. The monoisotopic (exact) mass is 1130 g/mol. The SMILES string of the molecule is c1ccc(-c2ccccc2[Si](c2ccc(-c3ccc([Si](c4ccccc4-c4ccccc4)(c4ccccc4-c4ccccc4)c4ccccc4-c4ccccc4)cc3)cc2)(c2ccccc2-c2ccccc2)c2ccccc2-c2ccccc2)cc1. The van der Waals surface area contributed by atoms with Crippen molar-refractivity contribution >= 4 is 57.6 Å². The molecular formula is C84H62Si2. The van der Waals surface area contributed by atoms with Crippen molar-refractivity contribution in [3.8, 4) is 77.9 Å². The van der Waals surface area contributed by atoms with Gasteiger partial charge in [-0.2, -0.15) is 0 Å². The fourth-order valence-electron chi connectivity index (χ4n) is 13.7. The molecule has 2 heteroatoms. The van der Waals surface area contributed by atoms with E-state index < -0.39 is 16.1 Å². The second kappa shape index (κ2) is 24.0. The van der Waals surface area contributed by atoms with Gasteiger partial charge in [0.15, 0.2) is 16.1 Å². The second-order valence-electron chi connectivity index (χ2n) is 22.1. The highest BCUT2D eigenvalue weighted by Gasteiger charge is 2.48. The number of benzene rings is 14. The highest BCUT2D eigenvalue weighted by molar-refractivity contribution is 7.22. The van der Waals surface area contributed by atoms with Crippen LogP contribution in [0.3, 0.4) is 0 Å². The average Bonchev–Trinajstić information content (AvgIpc) is 0.770. The van der Waals surface area contributed by atoms with E-state index in [4.69, 9.17) is 0 Å². The van der Waals surface area contributed by atoms with E-state index in [9.17, 15) is 0 Å². The Bertz CT molecular complexity index is 3880. The molecule has 0 N–H and O–H groups in total. The molecule has 0 heterocycles. The fraction of sp³-hybridized carbons (Fsp3) is 0. The van der Waals surface area contributed by atoms with Crippen LogP contribution in [-0.4, -0.2) is 16.1 Å². The van der Waals surface area contributed by atoms with Gasteiger partial charge in [0.2, 0.25) is 0 Å². The normalized spacial score (nSPS) is 11.5. The Morgan fingerprint density at radius 1 is 0.116 bits per heavy atom.